The van der Waals surface area contributed by atoms with Crippen LogP contribution in [0.5, 0.6) is 0 Å². The van der Waals surface area contributed by atoms with Gasteiger partial charge in [-0.25, -0.2) is 8.42 Å². The summed E-state index contributed by atoms with van der Waals surface area (Å²) >= 11 is 5.89. The minimum Gasteiger partial charge on any atom is -0.347 e. The molecule has 0 aliphatic carbocycles. The van der Waals surface area contributed by atoms with Crippen LogP contribution in [-0.4, -0.2) is 47.4 Å². The fourth-order valence-corrected chi connectivity index (χ4v) is 4.31. The van der Waals surface area contributed by atoms with Gasteiger partial charge >= 0.3 is 0 Å². The molecule has 1 aromatic heterocycles. The van der Waals surface area contributed by atoms with Crippen LogP contribution in [0, 0.1) is 6.92 Å². The van der Waals surface area contributed by atoms with Crippen molar-refractivity contribution in [3.8, 4) is 0 Å². The number of aryl methyl sites for hydroxylation is 1. The maximum Gasteiger partial charge on any atom is 0.255 e. The van der Waals surface area contributed by atoms with E-state index in [0.29, 0.717) is 11.3 Å². The van der Waals surface area contributed by atoms with E-state index < -0.39 is 21.3 Å². The van der Waals surface area contributed by atoms with E-state index in [4.69, 9.17) is 11.6 Å². The maximum atomic E-state index is 11.8. The van der Waals surface area contributed by atoms with E-state index >= 15 is 0 Å². The van der Waals surface area contributed by atoms with E-state index in [-0.39, 0.29) is 17.4 Å². The van der Waals surface area contributed by atoms with Gasteiger partial charge in [-0.2, -0.15) is 5.10 Å². The van der Waals surface area contributed by atoms with E-state index in [0.717, 1.165) is 0 Å². The quantitative estimate of drug-likeness (QED) is 0.736. The first-order chi connectivity index (χ1) is 7.89. The van der Waals surface area contributed by atoms with Gasteiger partial charge in [-0.15, -0.1) is 11.6 Å². The number of H-pyrrole nitrogens is 1. The number of hydrogen-bond donors (Lipinski definition) is 2. The Bertz CT molecular complexity index is 539. The highest BCUT2D eigenvalue weighted by molar-refractivity contribution is 7.91. The van der Waals surface area contributed by atoms with Gasteiger partial charge in [-0.1, -0.05) is 0 Å². The van der Waals surface area contributed by atoms with Crippen LogP contribution in [0.4, 0.5) is 0 Å². The number of carbonyl (C=O) groups excluding carboxylic acids is 1. The molecule has 1 aliphatic rings. The average Bonchev–Trinajstić information content (AvgIpc) is 2.71. The predicted molar refractivity (Wildman–Crippen MR) is 62.9 cm³/mol. The van der Waals surface area contributed by atoms with Gasteiger partial charge in [0.1, 0.15) is 0 Å². The number of halogens is 1. The van der Waals surface area contributed by atoms with E-state index in [1.807, 2.05) is 0 Å². The van der Waals surface area contributed by atoms with Crippen molar-refractivity contribution in [3.63, 3.8) is 0 Å². The van der Waals surface area contributed by atoms with Gasteiger partial charge in [-0.3, -0.25) is 9.89 Å². The summed E-state index contributed by atoms with van der Waals surface area (Å²) in [5.41, 5.74) is 1.03. The molecule has 0 radical (unpaired) electrons. The number of sulfone groups is 1. The second-order valence-electron chi connectivity index (χ2n) is 4.08. The van der Waals surface area contributed by atoms with Crippen LogP contribution in [0.3, 0.4) is 0 Å². The van der Waals surface area contributed by atoms with Gasteiger partial charge in [0, 0.05) is 5.69 Å². The van der Waals surface area contributed by atoms with E-state index in [2.05, 4.69) is 15.5 Å². The molecule has 17 heavy (non-hydrogen) atoms. The molecule has 2 N–H and O–H groups in total. The summed E-state index contributed by atoms with van der Waals surface area (Å²) in [6, 6.07) is -0.538. The lowest BCUT2D eigenvalue weighted by atomic mass is 10.2. The highest BCUT2D eigenvalue weighted by Gasteiger charge is 2.37. The maximum absolute atomic E-state index is 11.8. The molecule has 0 bridgehead atoms. The molecular weight excluding hydrogens is 266 g/mol. The number of hydrogen-bond acceptors (Lipinski definition) is 4. The minimum absolute atomic E-state index is 0.0934. The molecule has 2 unspecified atom stereocenters. The number of alkyl halides is 1. The van der Waals surface area contributed by atoms with Crippen molar-refractivity contribution < 1.29 is 13.2 Å². The zero-order valence-electron chi connectivity index (χ0n) is 9.10. The fraction of sp³-hybridized carbons (Fsp3) is 0.556. The SMILES string of the molecule is Cc1[nH]ncc1C(=O)NC1CS(=O)(=O)CC1Cl. The molecule has 0 spiro atoms. The van der Waals surface area contributed by atoms with Gasteiger partial charge < -0.3 is 5.32 Å². The Morgan fingerprint density at radius 3 is 2.76 bits per heavy atom. The monoisotopic (exact) mass is 277 g/mol. The molecule has 1 amide bonds. The van der Waals surface area contributed by atoms with Crippen LogP contribution in [-0.2, 0) is 9.84 Å². The number of amides is 1. The number of aromatic amines is 1. The molecule has 1 saturated heterocycles. The van der Waals surface area contributed by atoms with Crippen molar-refractivity contribution >= 4 is 27.3 Å². The number of nitrogens with zero attached hydrogens (tertiary/aromatic N) is 1. The lowest BCUT2D eigenvalue weighted by Crippen LogP contribution is -2.40. The summed E-state index contributed by atoms with van der Waals surface area (Å²) in [7, 11) is -3.14. The average molecular weight is 278 g/mol. The highest BCUT2D eigenvalue weighted by atomic mass is 35.5. The van der Waals surface area contributed by atoms with Crippen molar-refractivity contribution in [1.82, 2.24) is 15.5 Å². The summed E-state index contributed by atoms with van der Waals surface area (Å²) in [5, 5.41) is 8.41. The van der Waals surface area contributed by atoms with Crippen LogP contribution in [0.2, 0.25) is 0 Å². The lowest BCUT2D eigenvalue weighted by Gasteiger charge is -2.13. The first-order valence-electron chi connectivity index (χ1n) is 5.04. The molecular formula is C9H12ClN3O3S. The third kappa shape index (κ3) is 2.61. The zero-order chi connectivity index (χ0) is 12.6. The minimum atomic E-state index is -3.14. The van der Waals surface area contributed by atoms with Gasteiger partial charge in [0.15, 0.2) is 9.84 Å². The Balaban J connectivity index is 2.08. The Morgan fingerprint density at radius 1 is 1.59 bits per heavy atom. The summed E-state index contributed by atoms with van der Waals surface area (Å²) in [6.07, 6.45) is 1.40. The second kappa shape index (κ2) is 4.30. The smallest absolute Gasteiger partial charge is 0.255 e. The predicted octanol–water partition coefficient (Wildman–Crippen LogP) is -0.148. The second-order valence-corrected chi connectivity index (χ2v) is 6.80. The van der Waals surface area contributed by atoms with Crippen molar-refractivity contribution in [2.45, 2.75) is 18.3 Å². The van der Waals surface area contributed by atoms with E-state index in [1.165, 1.54) is 6.20 Å². The van der Waals surface area contributed by atoms with Gasteiger partial charge in [-0.05, 0) is 6.92 Å². The molecule has 2 atom stereocenters. The van der Waals surface area contributed by atoms with Crippen molar-refractivity contribution in [2.24, 2.45) is 0 Å². The molecule has 1 aromatic rings. The Hall–Kier alpha value is -1.08. The fourth-order valence-electron chi connectivity index (χ4n) is 1.76. The van der Waals surface area contributed by atoms with Crippen LogP contribution in [0.15, 0.2) is 6.20 Å². The molecule has 2 heterocycles. The standard InChI is InChI=1S/C9H12ClN3O3S/c1-5-6(2-11-13-5)9(14)12-8-4-17(15,16)3-7(8)10/h2,7-8H,3-4H2,1H3,(H,11,13)(H,12,14). The van der Waals surface area contributed by atoms with Crippen molar-refractivity contribution in [2.75, 3.05) is 11.5 Å². The summed E-state index contributed by atoms with van der Waals surface area (Å²) in [5.74, 6) is -0.558. The Kier molecular flexibility index (Phi) is 3.13. The number of rotatable bonds is 2. The topological polar surface area (TPSA) is 91.9 Å². The van der Waals surface area contributed by atoms with Gasteiger partial charge in [0.2, 0.25) is 0 Å². The Labute approximate surface area is 104 Å². The van der Waals surface area contributed by atoms with Crippen molar-refractivity contribution in [1.29, 1.82) is 0 Å². The molecule has 0 aromatic carbocycles. The molecule has 1 aliphatic heterocycles. The zero-order valence-corrected chi connectivity index (χ0v) is 10.7. The highest BCUT2D eigenvalue weighted by Crippen LogP contribution is 2.18. The van der Waals surface area contributed by atoms with Gasteiger partial charge in [0.25, 0.3) is 5.91 Å². The molecule has 2 rings (SSSR count). The van der Waals surface area contributed by atoms with Crippen LogP contribution >= 0.6 is 11.6 Å². The largest absolute Gasteiger partial charge is 0.347 e. The summed E-state index contributed by atoms with van der Waals surface area (Å²) < 4.78 is 22.7. The third-order valence-corrected chi connectivity index (χ3v) is 5.05. The molecule has 6 nitrogen and oxygen atoms in total. The van der Waals surface area contributed by atoms with Crippen LogP contribution in [0.1, 0.15) is 16.1 Å². The Morgan fingerprint density at radius 2 is 2.29 bits per heavy atom. The van der Waals surface area contributed by atoms with E-state index in [1.54, 1.807) is 6.92 Å². The molecule has 8 heteroatoms. The third-order valence-electron chi connectivity index (χ3n) is 2.67. The first kappa shape index (κ1) is 12.4. The van der Waals surface area contributed by atoms with Crippen molar-refractivity contribution in [3.05, 3.63) is 17.5 Å². The lowest BCUT2D eigenvalue weighted by molar-refractivity contribution is 0.0941. The van der Waals surface area contributed by atoms with Gasteiger partial charge in [0.05, 0.1) is 34.7 Å². The number of nitrogens with one attached hydrogen (secondary N) is 2. The summed E-state index contributed by atoms with van der Waals surface area (Å²) in [6.45, 7) is 1.71. The number of aromatic nitrogens is 2. The summed E-state index contributed by atoms with van der Waals surface area (Å²) in [4.78, 5) is 11.8. The van der Waals surface area contributed by atoms with Crippen LogP contribution < -0.4 is 5.32 Å². The van der Waals surface area contributed by atoms with Crippen LogP contribution in [0.25, 0.3) is 0 Å². The number of carbonyl (C=O) groups is 1. The molecule has 94 valence electrons. The molecule has 1 fully saturated rings. The van der Waals surface area contributed by atoms with E-state index in [9.17, 15) is 13.2 Å². The first-order valence-corrected chi connectivity index (χ1v) is 7.30. The normalized spacial score (nSPS) is 26.9. The molecule has 0 saturated carbocycles.